The molecule has 0 aromatic heterocycles. The predicted molar refractivity (Wildman–Crippen MR) is 72.8 cm³/mol. The van der Waals surface area contributed by atoms with Gasteiger partial charge in [-0.2, -0.15) is 0 Å². The fourth-order valence-corrected chi connectivity index (χ4v) is 2.13. The molecular formula is C11H14ClFN2O3S. The van der Waals surface area contributed by atoms with E-state index in [1.807, 2.05) is 0 Å². The van der Waals surface area contributed by atoms with Crippen LogP contribution < -0.4 is 10.6 Å². The van der Waals surface area contributed by atoms with Crippen molar-refractivity contribution in [3.63, 3.8) is 0 Å². The van der Waals surface area contributed by atoms with E-state index in [-0.39, 0.29) is 23.0 Å². The number of carbonyl (C=O) groups excluding carboxylic acids is 1. The highest BCUT2D eigenvalue weighted by Crippen LogP contribution is 2.22. The summed E-state index contributed by atoms with van der Waals surface area (Å²) < 4.78 is 34.7. The standard InChI is InChI=1S/C11H14ClFN2O3S/c1-19(17,18)6-2-5-14-11(16)15-10-7-8(13)3-4-9(10)12/h3-4,7H,2,5-6H2,1H3,(H2,14,15,16). The van der Waals surface area contributed by atoms with Crippen LogP contribution in [0, 0.1) is 5.82 Å². The largest absolute Gasteiger partial charge is 0.338 e. The van der Waals surface area contributed by atoms with Crippen LogP contribution in [0.5, 0.6) is 0 Å². The lowest BCUT2D eigenvalue weighted by molar-refractivity contribution is 0.252. The molecule has 0 saturated heterocycles. The number of sulfone groups is 1. The van der Waals surface area contributed by atoms with Crippen molar-refractivity contribution in [1.82, 2.24) is 5.32 Å². The van der Waals surface area contributed by atoms with E-state index in [0.29, 0.717) is 6.42 Å². The highest BCUT2D eigenvalue weighted by molar-refractivity contribution is 7.90. The van der Waals surface area contributed by atoms with Crippen molar-refractivity contribution in [2.24, 2.45) is 0 Å². The molecule has 0 heterocycles. The Morgan fingerprint density at radius 2 is 2.11 bits per heavy atom. The minimum Gasteiger partial charge on any atom is -0.338 e. The van der Waals surface area contributed by atoms with Gasteiger partial charge >= 0.3 is 6.03 Å². The van der Waals surface area contributed by atoms with Gasteiger partial charge in [-0.15, -0.1) is 0 Å². The number of hydrogen-bond donors (Lipinski definition) is 2. The Kier molecular flexibility index (Phi) is 5.56. The van der Waals surface area contributed by atoms with E-state index in [1.165, 1.54) is 12.1 Å². The first-order chi connectivity index (χ1) is 8.78. The van der Waals surface area contributed by atoms with Crippen molar-refractivity contribution in [3.05, 3.63) is 29.0 Å². The summed E-state index contributed by atoms with van der Waals surface area (Å²) in [7, 11) is -3.04. The lowest BCUT2D eigenvalue weighted by atomic mass is 10.3. The number of carbonyl (C=O) groups is 1. The number of hydrogen-bond acceptors (Lipinski definition) is 3. The van der Waals surface area contributed by atoms with Crippen LogP contribution in [0.15, 0.2) is 18.2 Å². The Balaban J connectivity index is 2.41. The van der Waals surface area contributed by atoms with E-state index in [9.17, 15) is 17.6 Å². The summed E-state index contributed by atoms with van der Waals surface area (Å²) in [5.41, 5.74) is 0.155. The van der Waals surface area contributed by atoms with Crippen LogP contribution >= 0.6 is 11.6 Å². The number of anilines is 1. The molecule has 0 radical (unpaired) electrons. The summed E-state index contributed by atoms with van der Waals surface area (Å²) >= 11 is 5.77. The molecule has 2 N–H and O–H groups in total. The molecule has 2 amide bonds. The van der Waals surface area contributed by atoms with Crippen LogP contribution in [0.4, 0.5) is 14.9 Å². The fraction of sp³-hybridized carbons (Fsp3) is 0.364. The maximum Gasteiger partial charge on any atom is 0.319 e. The van der Waals surface area contributed by atoms with Gasteiger partial charge in [-0.25, -0.2) is 17.6 Å². The summed E-state index contributed by atoms with van der Waals surface area (Å²) in [6, 6.07) is 3.03. The van der Waals surface area contributed by atoms with E-state index in [4.69, 9.17) is 11.6 Å². The van der Waals surface area contributed by atoms with Gasteiger partial charge in [0.15, 0.2) is 0 Å². The molecule has 5 nitrogen and oxygen atoms in total. The monoisotopic (exact) mass is 308 g/mol. The van der Waals surface area contributed by atoms with Gasteiger partial charge < -0.3 is 10.6 Å². The average molecular weight is 309 g/mol. The minimum atomic E-state index is -3.04. The number of rotatable bonds is 5. The van der Waals surface area contributed by atoms with E-state index in [1.54, 1.807) is 0 Å². The molecule has 19 heavy (non-hydrogen) atoms. The maximum absolute atomic E-state index is 12.9. The Bertz CT molecular complexity index is 563. The SMILES string of the molecule is CS(=O)(=O)CCCNC(=O)Nc1cc(F)ccc1Cl. The van der Waals surface area contributed by atoms with E-state index < -0.39 is 21.7 Å². The molecule has 0 aliphatic rings. The lowest BCUT2D eigenvalue weighted by Gasteiger charge is -2.08. The van der Waals surface area contributed by atoms with Crippen LogP contribution in [0.2, 0.25) is 5.02 Å². The van der Waals surface area contributed by atoms with Crippen molar-refractivity contribution in [1.29, 1.82) is 0 Å². The Morgan fingerprint density at radius 3 is 2.74 bits per heavy atom. The van der Waals surface area contributed by atoms with Crippen LogP contribution in [0.3, 0.4) is 0 Å². The van der Waals surface area contributed by atoms with E-state index >= 15 is 0 Å². The Morgan fingerprint density at radius 1 is 1.42 bits per heavy atom. The quantitative estimate of drug-likeness (QED) is 0.817. The molecule has 0 fully saturated rings. The van der Waals surface area contributed by atoms with Crippen LogP contribution in [-0.2, 0) is 9.84 Å². The first-order valence-corrected chi connectivity index (χ1v) is 7.89. The molecule has 1 aromatic rings. The van der Waals surface area contributed by atoms with Crippen LogP contribution in [-0.4, -0.2) is 33.0 Å². The minimum absolute atomic E-state index is 0.00595. The van der Waals surface area contributed by atoms with Gasteiger partial charge in [-0.3, -0.25) is 0 Å². The fourth-order valence-electron chi connectivity index (χ4n) is 1.30. The summed E-state index contributed by atoms with van der Waals surface area (Å²) in [4.78, 5) is 11.4. The first-order valence-electron chi connectivity index (χ1n) is 5.45. The predicted octanol–water partition coefficient (Wildman–Crippen LogP) is 2.04. The second kappa shape index (κ2) is 6.72. The van der Waals surface area contributed by atoms with Gasteiger partial charge in [-0.1, -0.05) is 11.6 Å². The normalized spacial score (nSPS) is 11.1. The van der Waals surface area contributed by atoms with Gasteiger partial charge in [0.25, 0.3) is 0 Å². The summed E-state index contributed by atoms with van der Waals surface area (Å²) in [6.45, 7) is 0.200. The van der Waals surface area contributed by atoms with Gasteiger partial charge in [0.1, 0.15) is 15.7 Å². The number of nitrogens with one attached hydrogen (secondary N) is 2. The molecule has 0 saturated carbocycles. The second-order valence-corrected chi connectivity index (χ2v) is 6.66. The molecule has 1 rings (SSSR count). The number of urea groups is 1. The molecule has 106 valence electrons. The molecular weight excluding hydrogens is 295 g/mol. The maximum atomic E-state index is 12.9. The summed E-state index contributed by atoms with van der Waals surface area (Å²) in [6.07, 6.45) is 1.43. The smallest absolute Gasteiger partial charge is 0.319 e. The lowest BCUT2D eigenvalue weighted by Crippen LogP contribution is -2.30. The summed E-state index contributed by atoms with van der Waals surface area (Å²) in [5.74, 6) is -0.523. The molecule has 0 bridgehead atoms. The van der Waals surface area contributed by atoms with Crippen LogP contribution in [0.1, 0.15) is 6.42 Å². The molecule has 0 spiro atoms. The number of halogens is 2. The summed E-state index contributed by atoms with van der Waals surface area (Å²) in [5, 5.41) is 5.05. The molecule has 0 aliphatic heterocycles. The third-order valence-electron chi connectivity index (χ3n) is 2.15. The Hall–Kier alpha value is -1.34. The molecule has 8 heteroatoms. The second-order valence-electron chi connectivity index (χ2n) is 3.99. The third kappa shape index (κ3) is 6.40. The zero-order valence-electron chi connectivity index (χ0n) is 10.2. The zero-order chi connectivity index (χ0) is 14.5. The topological polar surface area (TPSA) is 75.3 Å². The van der Waals surface area contributed by atoms with Gasteiger partial charge in [0, 0.05) is 12.8 Å². The van der Waals surface area contributed by atoms with Crippen molar-refractivity contribution >= 4 is 33.2 Å². The molecule has 0 atom stereocenters. The van der Waals surface area contributed by atoms with Crippen molar-refractivity contribution in [2.75, 3.05) is 23.9 Å². The van der Waals surface area contributed by atoms with Crippen molar-refractivity contribution < 1.29 is 17.6 Å². The first kappa shape index (κ1) is 15.7. The van der Waals surface area contributed by atoms with E-state index in [2.05, 4.69) is 10.6 Å². The van der Waals surface area contributed by atoms with Gasteiger partial charge in [0.2, 0.25) is 0 Å². The molecule has 0 unspecified atom stereocenters. The van der Waals surface area contributed by atoms with Gasteiger partial charge in [0.05, 0.1) is 16.5 Å². The molecule has 0 aliphatic carbocycles. The van der Waals surface area contributed by atoms with Crippen molar-refractivity contribution in [2.45, 2.75) is 6.42 Å². The zero-order valence-corrected chi connectivity index (χ0v) is 11.8. The third-order valence-corrected chi connectivity index (χ3v) is 3.51. The Labute approximate surface area is 116 Å². The molecule has 1 aromatic carbocycles. The average Bonchev–Trinajstić information content (AvgIpc) is 2.28. The number of benzene rings is 1. The highest BCUT2D eigenvalue weighted by Gasteiger charge is 2.07. The van der Waals surface area contributed by atoms with Gasteiger partial charge in [-0.05, 0) is 24.6 Å². The van der Waals surface area contributed by atoms with Crippen molar-refractivity contribution in [3.8, 4) is 0 Å². The highest BCUT2D eigenvalue weighted by atomic mass is 35.5. The number of amides is 2. The van der Waals surface area contributed by atoms with E-state index in [0.717, 1.165) is 12.3 Å². The van der Waals surface area contributed by atoms with Crippen LogP contribution in [0.25, 0.3) is 0 Å².